The maximum Gasteiger partial charge on any atom is 0.124 e. The smallest absolute Gasteiger partial charge is 0.124 e. The zero-order valence-corrected chi connectivity index (χ0v) is 29.3. The highest BCUT2D eigenvalue weighted by Gasteiger charge is 2.18. The highest BCUT2D eigenvalue weighted by molar-refractivity contribution is 7.86. The zero-order valence-electron chi connectivity index (χ0n) is 26.8. The van der Waals surface area contributed by atoms with Crippen LogP contribution in [0.25, 0.3) is 0 Å². The van der Waals surface area contributed by atoms with E-state index in [4.69, 9.17) is 0 Å². The predicted octanol–water partition coefficient (Wildman–Crippen LogP) is 6.81. The first-order valence-electron chi connectivity index (χ1n) is 15.4. The normalized spacial score (nSPS) is 12.0. The molecule has 0 heterocycles. The molecule has 0 amide bonds. The molecule has 3 N–H and O–H groups in total. The Morgan fingerprint density at radius 3 is 0.654 bits per heavy atom. The average molecular weight is 755 g/mol. The quantitative estimate of drug-likeness (QED) is 0.0870. The molecule has 0 radical (unpaired) electrons. The van der Waals surface area contributed by atoms with Crippen molar-refractivity contribution in [3.63, 3.8) is 0 Å². The molecule has 6 rings (SSSR count). The minimum absolute atomic E-state index is 0.234. The fourth-order valence-electron chi connectivity index (χ4n) is 5.47. The van der Waals surface area contributed by atoms with Crippen LogP contribution in [0, 0.1) is 0 Å². The third-order valence-electron chi connectivity index (χ3n) is 8.03. The largest absolute Gasteiger partial charge is 0.744 e. The van der Waals surface area contributed by atoms with Crippen LogP contribution in [0.1, 0.15) is 22.6 Å². The summed E-state index contributed by atoms with van der Waals surface area (Å²) in [7, 11) is -13.7. The third kappa shape index (κ3) is 9.02. The van der Waals surface area contributed by atoms with Crippen molar-refractivity contribution in [3.8, 4) is 0 Å². The summed E-state index contributed by atoms with van der Waals surface area (Å²) < 4.78 is 102. The van der Waals surface area contributed by atoms with Crippen LogP contribution in [0.2, 0.25) is 0 Å². The van der Waals surface area contributed by atoms with E-state index in [0.29, 0.717) is 17.1 Å². The first-order chi connectivity index (χ1) is 24.6. The van der Waals surface area contributed by atoms with Gasteiger partial charge in [-0.15, -0.1) is 0 Å². The zero-order chi connectivity index (χ0) is 37.1. The van der Waals surface area contributed by atoms with Gasteiger partial charge in [0.2, 0.25) is 0 Å². The van der Waals surface area contributed by atoms with Gasteiger partial charge in [-0.3, -0.25) is 0 Å². The molecular weight excluding hydrogens is 727 g/mol. The number of hydrogen-bond donors (Lipinski definition) is 3. The molecule has 0 spiro atoms. The monoisotopic (exact) mass is 754 g/mol. The molecule has 0 saturated carbocycles. The second-order valence-corrected chi connectivity index (χ2v) is 15.7. The molecule has 0 aromatic heterocycles. The Morgan fingerprint density at radius 1 is 0.308 bits per heavy atom. The van der Waals surface area contributed by atoms with Gasteiger partial charge in [-0.05, 0) is 126 Å². The Bertz CT molecular complexity index is 2220. The molecule has 0 fully saturated rings. The van der Waals surface area contributed by atoms with Crippen molar-refractivity contribution < 1.29 is 38.9 Å². The molecule has 0 aliphatic heterocycles. The van der Waals surface area contributed by atoms with Gasteiger partial charge in [0.15, 0.2) is 0 Å². The van der Waals surface area contributed by atoms with E-state index in [1.807, 2.05) is 72.8 Å². The highest BCUT2D eigenvalue weighted by Crippen LogP contribution is 2.35. The second kappa shape index (κ2) is 14.6. The summed E-state index contributed by atoms with van der Waals surface area (Å²) in [5.41, 5.74) is 6.81. The van der Waals surface area contributed by atoms with E-state index in [2.05, 4.69) is 16.0 Å². The number of hydrogen-bond acceptors (Lipinski definition) is 12. The summed E-state index contributed by atoms with van der Waals surface area (Å²) in [5.74, 6) is -0.234. The van der Waals surface area contributed by atoms with Crippen molar-refractivity contribution >= 4 is 64.5 Å². The third-order valence-corrected chi connectivity index (χ3v) is 10.6. The van der Waals surface area contributed by atoms with E-state index in [0.717, 1.165) is 33.8 Å². The van der Waals surface area contributed by atoms with Crippen molar-refractivity contribution in [1.82, 2.24) is 0 Å². The van der Waals surface area contributed by atoms with Gasteiger partial charge >= 0.3 is 0 Å². The summed E-state index contributed by atoms with van der Waals surface area (Å²) in [6.07, 6.45) is 0. The van der Waals surface area contributed by atoms with E-state index < -0.39 is 30.4 Å². The fourth-order valence-corrected chi connectivity index (χ4v) is 6.88. The fraction of sp³-hybridized carbons (Fsp3) is 0.0270. The Labute approximate surface area is 301 Å². The van der Waals surface area contributed by atoms with Crippen LogP contribution >= 0.6 is 0 Å². The molecule has 6 aromatic rings. The standard InChI is InChI=1S/C37H31N3O9S3/c41-50(42,43)34-19-13-31(14-20-34)38-28-7-1-25(2-8-28)37(26-3-9-29(10-4-26)39-32-15-21-35(22-16-32)51(44,45)46)27-5-11-30(12-6-27)40-33-17-23-36(24-18-33)52(47,48)49/h1-24,37-40H,(H,41,42,43)(H,44,45,46)(H,47,48,49)/p-3. The van der Waals surface area contributed by atoms with Crippen molar-refractivity contribution in [1.29, 1.82) is 0 Å². The molecule has 6 aromatic carbocycles. The SMILES string of the molecule is O=S(=O)([O-])c1ccc(Nc2ccc(C(c3ccc(Nc4ccc(S(=O)(=O)[O-])cc4)cc3)c3ccc(Nc4ccc(S(=O)(=O)[O-])cc4)cc3)cc2)cc1. The van der Waals surface area contributed by atoms with Crippen LogP contribution < -0.4 is 16.0 Å². The molecule has 0 aliphatic carbocycles. The van der Waals surface area contributed by atoms with Crippen molar-refractivity contribution in [3.05, 3.63) is 162 Å². The van der Waals surface area contributed by atoms with Gasteiger partial charge in [-0.2, -0.15) is 0 Å². The molecule has 0 atom stereocenters. The summed E-state index contributed by atoms with van der Waals surface area (Å²) in [5, 5.41) is 9.59. The molecular formula is C37H28N3O9S3-3. The lowest BCUT2D eigenvalue weighted by molar-refractivity contribution is 0.461. The van der Waals surface area contributed by atoms with Crippen molar-refractivity contribution in [2.45, 2.75) is 20.6 Å². The summed E-state index contributed by atoms with van der Waals surface area (Å²) in [6.45, 7) is 0. The summed E-state index contributed by atoms with van der Waals surface area (Å²) in [4.78, 5) is -0.961. The molecule has 0 saturated heterocycles. The maximum atomic E-state index is 11.3. The molecule has 15 heteroatoms. The van der Waals surface area contributed by atoms with E-state index in [9.17, 15) is 38.9 Å². The second-order valence-electron chi connectivity index (χ2n) is 11.6. The van der Waals surface area contributed by atoms with Gasteiger partial charge in [-0.1, -0.05) is 36.4 Å². The molecule has 52 heavy (non-hydrogen) atoms. The topological polar surface area (TPSA) is 208 Å². The van der Waals surface area contributed by atoms with E-state index >= 15 is 0 Å². The Hall–Kier alpha value is -5.55. The predicted molar refractivity (Wildman–Crippen MR) is 193 cm³/mol. The number of benzene rings is 6. The number of anilines is 6. The van der Waals surface area contributed by atoms with Crippen LogP contribution in [-0.4, -0.2) is 38.9 Å². The van der Waals surface area contributed by atoms with Gasteiger partial charge in [-0.25, -0.2) is 25.3 Å². The van der Waals surface area contributed by atoms with E-state index in [1.54, 1.807) is 0 Å². The first-order valence-corrected chi connectivity index (χ1v) is 19.6. The van der Waals surface area contributed by atoms with Gasteiger partial charge in [0.25, 0.3) is 0 Å². The molecule has 266 valence electrons. The van der Waals surface area contributed by atoms with Crippen molar-refractivity contribution in [2.75, 3.05) is 16.0 Å². The van der Waals surface area contributed by atoms with Crippen LogP contribution in [-0.2, 0) is 30.4 Å². The van der Waals surface area contributed by atoms with Crippen LogP contribution in [0.15, 0.2) is 160 Å². The van der Waals surface area contributed by atoms with Crippen LogP contribution in [0.3, 0.4) is 0 Å². The summed E-state index contributed by atoms with van der Waals surface area (Å²) >= 11 is 0. The lowest BCUT2D eigenvalue weighted by Gasteiger charge is -2.21. The maximum absolute atomic E-state index is 11.3. The van der Waals surface area contributed by atoms with Gasteiger partial charge in [0.1, 0.15) is 30.4 Å². The van der Waals surface area contributed by atoms with Crippen molar-refractivity contribution in [2.24, 2.45) is 0 Å². The van der Waals surface area contributed by atoms with E-state index in [1.165, 1.54) is 72.8 Å². The average Bonchev–Trinajstić information content (AvgIpc) is 3.10. The van der Waals surface area contributed by atoms with Crippen LogP contribution in [0.4, 0.5) is 34.1 Å². The van der Waals surface area contributed by atoms with Gasteiger partial charge < -0.3 is 29.6 Å². The molecule has 0 unspecified atom stereocenters. The van der Waals surface area contributed by atoms with E-state index in [-0.39, 0.29) is 20.6 Å². The minimum atomic E-state index is -4.56. The molecule has 0 aliphatic rings. The Balaban J connectivity index is 1.26. The Morgan fingerprint density at radius 2 is 0.481 bits per heavy atom. The van der Waals surface area contributed by atoms with Gasteiger partial charge in [0, 0.05) is 40.0 Å². The molecule has 12 nitrogen and oxygen atoms in total. The first kappa shape index (κ1) is 36.2. The van der Waals surface area contributed by atoms with Crippen LogP contribution in [0.5, 0.6) is 0 Å². The minimum Gasteiger partial charge on any atom is -0.744 e. The lowest BCUT2D eigenvalue weighted by Crippen LogP contribution is -2.04. The van der Waals surface area contributed by atoms with Gasteiger partial charge in [0.05, 0.1) is 14.7 Å². The summed E-state index contributed by atoms with van der Waals surface area (Å²) in [6, 6.07) is 39.5. The Kier molecular flexibility index (Phi) is 10.2. The highest BCUT2D eigenvalue weighted by atomic mass is 32.2. The number of rotatable bonds is 12. The number of nitrogens with one attached hydrogen (secondary N) is 3. The molecule has 0 bridgehead atoms. The lowest BCUT2D eigenvalue weighted by atomic mass is 9.85.